The van der Waals surface area contributed by atoms with Gasteiger partial charge in [-0.1, -0.05) is 6.92 Å². The minimum absolute atomic E-state index is 0.250. The molecule has 4 saturated carbocycles. The summed E-state index contributed by atoms with van der Waals surface area (Å²) in [6.45, 7) is 2.94. The normalized spacial score (nSPS) is 47.1. The average molecular weight is 237 g/mol. The van der Waals surface area contributed by atoms with Gasteiger partial charge in [-0.3, -0.25) is 0 Å². The van der Waals surface area contributed by atoms with Crippen LogP contribution in [-0.2, 0) is 0 Å². The van der Waals surface area contributed by atoms with E-state index in [2.05, 4.69) is 12.2 Å². The largest absolute Gasteiger partial charge is 0.388 e. The molecule has 4 fully saturated rings. The van der Waals surface area contributed by atoms with Crippen LogP contribution in [0.4, 0.5) is 0 Å². The maximum atomic E-state index is 11.1. The van der Waals surface area contributed by atoms with E-state index in [4.69, 9.17) is 0 Å². The Morgan fingerprint density at radius 3 is 1.94 bits per heavy atom. The van der Waals surface area contributed by atoms with E-state index in [1.165, 1.54) is 38.5 Å². The number of rotatable bonds is 4. The van der Waals surface area contributed by atoms with Crippen LogP contribution in [-0.4, -0.2) is 24.3 Å². The molecule has 4 bridgehead atoms. The first-order valence-electron chi connectivity index (χ1n) is 7.48. The summed E-state index contributed by atoms with van der Waals surface area (Å²) in [6, 6.07) is 0. The summed E-state index contributed by atoms with van der Waals surface area (Å²) < 4.78 is 0. The predicted molar refractivity (Wildman–Crippen MR) is 69.8 cm³/mol. The van der Waals surface area contributed by atoms with Crippen LogP contribution in [0.1, 0.15) is 51.9 Å². The minimum Gasteiger partial charge on any atom is -0.388 e. The van der Waals surface area contributed by atoms with E-state index < -0.39 is 5.60 Å². The van der Waals surface area contributed by atoms with Crippen molar-refractivity contribution >= 4 is 0 Å². The molecular weight excluding hydrogens is 210 g/mol. The molecule has 4 aliphatic carbocycles. The third-order valence-electron chi connectivity index (χ3n) is 6.08. The second-order valence-electron chi connectivity index (χ2n) is 7.11. The molecule has 0 heterocycles. The van der Waals surface area contributed by atoms with E-state index in [-0.39, 0.29) is 5.41 Å². The summed E-state index contributed by atoms with van der Waals surface area (Å²) in [7, 11) is 1.97. The molecule has 0 saturated heterocycles. The molecule has 0 aromatic carbocycles. The van der Waals surface area contributed by atoms with E-state index >= 15 is 0 Å². The third-order valence-corrected chi connectivity index (χ3v) is 6.08. The second-order valence-corrected chi connectivity index (χ2v) is 7.11. The van der Waals surface area contributed by atoms with Crippen molar-refractivity contribution in [3.8, 4) is 0 Å². The molecule has 1 unspecified atom stereocenters. The highest BCUT2D eigenvalue weighted by Crippen LogP contribution is 2.64. The van der Waals surface area contributed by atoms with Gasteiger partial charge in [-0.05, 0) is 69.7 Å². The van der Waals surface area contributed by atoms with Gasteiger partial charge in [0.15, 0.2) is 0 Å². The Labute approximate surface area is 105 Å². The van der Waals surface area contributed by atoms with Crippen LogP contribution < -0.4 is 5.32 Å². The van der Waals surface area contributed by atoms with Gasteiger partial charge in [-0.2, -0.15) is 0 Å². The molecule has 0 aliphatic heterocycles. The zero-order valence-electron chi connectivity index (χ0n) is 11.3. The summed E-state index contributed by atoms with van der Waals surface area (Å²) in [4.78, 5) is 0. The fourth-order valence-electron chi connectivity index (χ4n) is 5.66. The lowest BCUT2D eigenvalue weighted by atomic mass is 9.45. The zero-order valence-corrected chi connectivity index (χ0v) is 11.3. The molecule has 0 aromatic rings. The monoisotopic (exact) mass is 237 g/mol. The molecule has 2 nitrogen and oxygen atoms in total. The van der Waals surface area contributed by atoms with Crippen molar-refractivity contribution in [1.82, 2.24) is 5.32 Å². The molecule has 0 aromatic heterocycles. The van der Waals surface area contributed by atoms with Gasteiger partial charge in [0.1, 0.15) is 0 Å². The number of likely N-dealkylation sites (N-methyl/N-ethyl adjacent to an activating group) is 1. The van der Waals surface area contributed by atoms with Gasteiger partial charge in [0.25, 0.3) is 0 Å². The molecule has 0 radical (unpaired) electrons. The Hall–Kier alpha value is -0.0800. The Kier molecular flexibility index (Phi) is 2.79. The molecular formula is C15H27NO. The van der Waals surface area contributed by atoms with Crippen molar-refractivity contribution in [1.29, 1.82) is 0 Å². The second kappa shape index (κ2) is 3.96. The summed E-state index contributed by atoms with van der Waals surface area (Å²) in [5.74, 6) is 2.78. The van der Waals surface area contributed by atoms with Gasteiger partial charge < -0.3 is 10.4 Å². The molecule has 2 N–H and O–H groups in total. The predicted octanol–water partition coefficient (Wildman–Crippen LogP) is 2.56. The van der Waals surface area contributed by atoms with Crippen molar-refractivity contribution in [3.63, 3.8) is 0 Å². The summed E-state index contributed by atoms with van der Waals surface area (Å²) >= 11 is 0. The van der Waals surface area contributed by atoms with Crippen molar-refractivity contribution in [2.45, 2.75) is 57.5 Å². The summed E-state index contributed by atoms with van der Waals surface area (Å²) in [5.41, 5.74) is -0.211. The van der Waals surface area contributed by atoms with E-state index in [0.29, 0.717) is 0 Å². The van der Waals surface area contributed by atoms with Crippen molar-refractivity contribution < 1.29 is 5.11 Å². The van der Waals surface area contributed by atoms with E-state index in [1.54, 1.807) is 0 Å². The maximum Gasteiger partial charge on any atom is 0.0824 e. The smallest absolute Gasteiger partial charge is 0.0824 e. The van der Waals surface area contributed by atoms with Crippen LogP contribution in [0.2, 0.25) is 0 Å². The average Bonchev–Trinajstić information content (AvgIpc) is 2.27. The lowest BCUT2D eigenvalue weighted by molar-refractivity contribution is -0.178. The first kappa shape index (κ1) is 12.0. The summed E-state index contributed by atoms with van der Waals surface area (Å²) in [5, 5.41) is 14.4. The Balaban J connectivity index is 1.90. The van der Waals surface area contributed by atoms with Gasteiger partial charge in [0, 0.05) is 12.0 Å². The van der Waals surface area contributed by atoms with Crippen molar-refractivity contribution in [2.24, 2.45) is 23.2 Å². The topological polar surface area (TPSA) is 32.3 Å². The summed E-state index contributed by atoms with van der Waals surface area (Å²) in [6.07, 6.45) is 9.16. The fraction of sp³-hybridized carbons (Fsp3) is 1.00. The fourth-order valence-corrected chi connectivity index (χ4v) is 5.66. The van der Waals surface area contributed by atoms with Crippen LogP contribution in [0.5, 0.6) is 0 Å². The van der Waals surface area contributed by atoms with Crippen LogP contribution in [0, 0.1) is 23.2 Å². The minimum atomic E-state index is -0.461. The van der Waals surface area contributed by atoms with E-state index in [1.807, 2.05) is 7.05 Å². The molecule has 0 spiro atoms. The third kappa shape index (κ3) is 1.67. The molecule has 4 rings (SSSR count). The van der Waals surface area contributed by atoms with Crippen LogP contribution >= 0.6 is 0 Å². The highest BCUT2D eigenvalue weighted by molar-refractivity contribution is 5.10. The lowest BCUT2D eigenvalue weighted by Gasteiger charge is -2.62. The molecule has 1 atom stereocenters. The zero-order chi connectivity index (χ0) is 12.1. The highest BCUT2D eigenvalue weighted by atomic mass is 16.3. The van der Waals surface area contributed by atoms with Crippen LogP contribution in [0.3, 0.4) is 0 Å². The van der Waals surface area contributed by atoms with Gasteiger partial charge in [-0.25, -0.2) is 0 Å². The van der Waals surface area contributed by atoms with E-state index in [9.17, 15) is 5.11 Å². The highest BCUT2D eigenvalue weighted by Gasteiger charge is 2.58. The van der Waals surface area contributed by atoms with Gasteiger partial charge in [0.2, 0.25) is 0 Å². The van der Waals surface area contributed by atoms with Crippen molar-refractivity contribution in [3.05, 3.63) is 0 Å². The SMILES string of the molecule is CCC(O)(CNC)C12CC3CC(CC(C3)C1)C2. The lowest BCUT2D eigenvalue weighted by Crippen LogP contribution is -2.61. The van der Waals surface area contributed by atoms with Gasteiger partial charge in [0.05, 0.1) is 5.60 Å². The quantitative estimate of drug-likeness (QED) is 0.787. The maximum absolute atomic E-state index is 11.1. The Bertz CT molecular complexity index is 266. The van der Waals surface area contributed by atoms with Gasteiger partial charge in [-0.15, -0.1) is 0 Å². The number of aliphatic hydroxyl groups is 1. The first-order valence-corrected chi connectivity index (χ1v) is 7.48. The number of hydrogen-bond acceptors (Lipinski definition) is 2. The molecule has 2 heteroatoms. The molecule has 0 amide bonds. The molecule has 4 aliphatic rings. The Morgan fingerprint density at radius 1 is 1.12 bits per heavy atom. The van der Waals surface area contributed by atoms with E-state index in [0.717, 1.165) is 30.7 Å². The standard InChI is InChI=1S/C15H27NO/c1-3-15(17,10-16-2)14-7-11-4-12(8-14)6-13(5-11)9-14/h11-13,16-17H,3-10H2,1-2H3. The van der Waals surface area contributed by atoms with Crippen LogP contribution in [0.15, 0.2) is 0 Å². The van der Waals surface area contributed by atoms with Crippen molar-refractivity contribution in [2.75, 3.05) is 13.6 Å². The van der Waals surface area contributed by atoms with Gasteiger partial charge >= 0.3 is 0 Å². The number of hydrogen-bond donors (Lipinski definition) is 2. The Morgan fingerprint density at radius 2 is 1.59 bits per heavy atom. The van der Waals surface area contributed by atoms with Crippen LogP contribution in [0.25, 0.3) is 0 Å². The molecule has 98 valence electrons. The number of nitrogens with one attached hydrogen (secondary N) is 1. The first-order chi connectivity index (χ1) is 8.11. The molecule has 17 heavy (non-hydrogen) atoms.